The van der Waals surface area contributed by atoms with Crippen molar-refractivity contribution < 1.29 is 0 Å². The van der Waals surface area contributed by atoms with Crippen LogP contribution in [0.5, 0.6) is 0 Å². The van der Waals surface area contributed by atoms with Gasteiger partial charge in [-0.3, -0.25) is 0 Å². The number of rotatable bonds is 6. The molecule has 0 aliphatic carbocycles. The first-order valence-electron chi connectivity index (χ1n) is 5.50. The zero-order valence-electron chi connectivity index (χ0n) is 9.04. The molecule has 1 aliphatic heterocycles. The Morgan fingerprint density at radius 1 is 1.64 bits per heavy atom. The Kier molecular flexibility index (Phi) is 6.04. The summed E-state index contributed by atoms with van der Waals surface area (Å²) in [6.45, 7) is 2.92. The van der Waals surface area contributed by atoms with E-state index in [-0.39, 0.29) is 0 Å². The van der Waals surface area contributed by atoms with Gasteiger partial charge in [0, 0.05) is 5.75 Å². The molecule has 1 aliphatic rings. The summed E-state index contributed by atoms with van der Waals surface area (Å²) in [7, 11) is 0. The van der Waals surface area contributed by atoms with Gasteiger partial charge < -0.3 is 5.73 Å². The van der Waals surface area contributed by atoms with Crippen molar-refractivity contribution in [3.8, 4) is 0 Å². The summed E-state index contributed by atoms with van der Waals surface area (Å²) >= 11 is 1.97. The molecule has 0 amide bonds. The molecule has 0 aromatic rings. The molecule has 2 N–H and O–H groups in total. The van der Waals surface area contributed by atoms with Crippen LogP contribution in [0.2, 0.25) is 0 Å². The zero-order valence-corrected chi connectivity index (χ0v) is 9.85. The van der Waals surface area contributed by atoms with E-state index in [4.69, 9.17) is 5.73 Å². The molecule has 0 saturated heterocycles. The van der Waals surface area contributed by atoms with Gasteiger partial charge in [0.05, 0.1) is 0 Å². The van der Waals surface area contributed by atoms with Crippen molar-refractivity contribution in [3.05, 3.63) is 23.1 Å². The standard InChI is InChI=1S/C12H21NS/c1-2-3-4-6-11-9-14-10-12(11)7-5-8-13/h2-3,9,12H,4-8,10,13H2,1H3/b3-2+. The summed E-state index contributed by atoms with van der Waals surface area (Å²) in [6, 6.07) is 0. The summed E-state index contributed by atoms with van der Waals surface area (Å²) in [6.07, 6.45) is 9.29. The Morgan fingerprint density at radius 3 is 3.21 bits per heavy atom. The molecule has 0 aromatic heterocycles. The Morgan fingerprint density at radius 2 is 2.50 bits per heavy atom. The molecule has 1 unspecified atom stereocenters. The fraction of sp³-hybridized carbons (Fsp3) is 0.667. The molecule has 80 valence electrons. The Bertz CT molecular complexity index is 208. The van der Waals surface area contributed by atoms with Gasteiger partial charge in [-0.25, -0.2) is 0 Å². The molecule has 0 radical (unpaired) electrons. The highest BCUT2D eigenvalue weighted by atomic mass is 32.2. The maximum Gasteiger partial charge on any atom is 0.00401 e. The predicted octanol–water partition coefficient (Wildman–Crippen LogP) is 3.33. The Hall–Kier alpha value is -0.210. The molecule has 1 atom stereocenters. The molecular weight excluding hydrogens is 190 g/mol. The molecule has 0 aromatic carbocycles. The van der Waals surface area contributed by atoms with Gasteiger partial charge in [0.25, 0.3) is 0 Å². The molecule has 1 heterocycles. The van der Waals surface area contributed by atoms with Gasteiger partial charge >= 0.3 is 0 Å². The second kappa shape index (κ2) is 7.13. The molecule has 1 rings (SSSR count). The van der Waals surface area contributed by atoms with Crippen molar-refractivity contribution in [2.45, 2.75) is 32.6 Å². The van der Waals surface area contributed by atoms with E-state index in [9.17, 15) is 0 Å². The van der Waals surface area contributed by atoms with Crippen molar-refractivity contribution in [1.82, 2.24) is 0 Å². The number of thioether (sulfide) groups is 1. The van der Waals surface area contributed by atoms with E-state index in [1.54, 1.807) is 5.57 Å². The topological polar surface area (TPSA) is 26.0 Å². The summed E-state index contributed by atoms with van der Waals surface area (Å²) in [5.41, 5.74) is 7.19. The van der Waals surface area contributed by atoms with Gasteiger partial charge in [0.2, 0.25) is 0 Å². The van der Waals surface area contributed by atoms with Crippen LogP contribution in [0.25, 0.3) is 0 Å². The Balaban J connectivity index is 2.27. The quantitative estimate of drug-likeness (QED) is 0.682. The van der Waals surface area contributed by atoms with E-state index in [1.165, 1.54) is 31.4 Å². The van der Waals surface area contributed by atoms with Gasteiger partial charge in [-0.15, -0.1) is 11.8 Å². The van der Waals surface area contributed by atoms with Crippen LogP contribution >= 0.6 is 11.8 Å². The monoisotopic (exact) mass is 211 g/mol. The molecular formula is C12H21NS. The SMILES string of the molecule is C/C=C/CCC1=CSCC1CCCN. The first kappa shape index (κ1) is 11.9. The van der Waals surface area contributed by atoms with Crippen molar-refractivity contribution in [1.29, 1.82) is 0 Å². The first-order valence-corrected chi connectivity index (χ1v) is 6.55. The molecule has 2 heteroatoms. The third-order valence-electron chi connectivity index (χ3n) is 2.65. The van der Waals surface area contributed by atoms with E-state index in [0.29, 0.717) is 0 Å². The van der Waals surface area contributed by atoms with Gasteiger partial charge in [-0.2, -0.15) is 0 Å². The summed E-state index contributed by atoms with van der Waals surface area (Å²) < 4.78 is 0. The van der Waals surface area contributed by atoms with Crippen LogP contribution in [0.1, 0.15) is 32.6 Å². The van der Waals surface area contributed by atoms with Crippen LogP contribution < -0.4 is 5.73 Å². The second-order valence-electron chi connectivity index (χ2n) is 3.76. The van der Waals surface area contributed by atoms with E-state index >= 15 is 0 Å². The zero-order chi connectivity index (χ0) is 10.2. The van der Waals surface area contributed by atoms with Crippen LogP contribution in [0.15, 0.2) is 23.1 Å². The van der Waals surface area contributed by atoms with Crippen LogP contribution in [0, 0.1) is 5.92 Å². The molecule has 0 spiro atoms. The van der Waals surface area contributed by atoms with Crippen LogP contribution in [0.3, 0.4) is 0 Å². The number of hydrogen-bond donors (Lipinski definition) is 1. The van der Waals surface area contributed by atoms with Gasteiger partial charge in [-0.1, -0.05) is 17.7 Å². The van der Waals surface area contributed by atoms with Crippen molar-refractivity contribution >= 4 is 11.8 Å². The second-order valence-corrected chi connectivity index (χ2v) is 4.66. The normalized spacial score (nSPS) is 21.9. The predicted molar refractivity (Wildman–Crippen MR) is 66.4 cm³/mol. The first-order chi connectivity index (χ1) is 6.88. The number of nitrogens with two attached hydrogens (primary N) is 1. The van der Waals surface area contributed by atoms with E-state index in [0.717, 1.165) is 12.5 Å². The minimum absolute atomic E-state index is 0.814. The van der Waals surface area contributed by atoms with E-state index in [2.05, 4.69) is 24.5 Å². The maximum atomic E-state index is 5.54. The Labute approximate surface area is 91.8 Å². The molecule has 0 fully saturated rings. The van der Waals surface area contributed by atoms with Crippen molar-refractivity contribution in [2.75, 3.05) is 12.3 Å². The lowest BCUT2D eigenvalue weighted by Gasteiger charge is -2.12. The molecule has 0 saturated carbocycles. The highest BCUT2D eigenvalue weighted by molar-refractivity contribution is 8.02. The van der Waals surface area contributed by atoms with Gasteiger partial charge in [-0.05, 0) is 50.5 Å². The highest BCUT2D eigenvalue weighted by Crippen LogP contribution is 2.34. The maximum absolute atomic E-state index is 5.54. The molecule has 0 bridgehead atoms. The van der Waals surface area contributed by atoms with Crippen LogP contribution in [0.4, 0.5) is 0 Å². The molecule has 14 heavy (non-hydrogen) atoms. The minimum Gasteiger partial charge on any atom is -0.330 e. The lowest BCUT2D eigenvalue weighted by molar-refractivity contribution is 0.580. The fourth-order valence-corrected chi connectivity index (χ4v) is 3.02. The van der Waals surface area contributed by atoms with Crippen molar-refractivity contribution in [3.63, 3.8) is 0 Å². The van der Waals surface area contributed by atoms with E-state index < -0.39 is 0 Å². The molecule has 1 nitrogen and oxygen atoms in total. The highest BCUT2D eigenvalue weighted by Gasteiger charge is 2.18. The third-order valence-corrected chi connectivity index (χ3v) is 3.71. The van der Waals surface area contributed by atoms with Gasteiger partial charge in [0.1, 0.15) is 0 Å². The average molecular weight is 211 g/mol. The van der Waals surface area contributed by atoms with E-state index in [1.807, 2.05) is 11.8 Å². The average Bonchev–Trinajstić information content (AvgIpc) is 2.63. The summed E-state index contributed by atoms with van der Waals surface area (Å²) in [5.74, 6) is 2.10. The third kappa shape index (κ3) is 3.89. The lowest BCUT2D eigenvalue weighted by atomic mass is 9.94. The smallest absolute Gasteiger partial charge is 0.00401 e. The van der Waals surface area contributed by atoms with Crippen LogP contribution in [-0.4, -0.2) is 12.3 Å². The lowest BCUT2D eigenvalue weighted by Crippen LogP contribution is -2.07. The van der Waals surface area contributed by atoms with Crippen molar-refractivity contribution in [2.24, 2.45) is 11.7 Å². The summed E-state index contributed by atoms with van der Waals surface area (Å²) in [5, 5.41) is 2.37. The minimum atomic E-state index is 0.814. The van der Waals surface area contributed by atoms with Gasteiger partial charge in [0.15, 0.2) is 0 Å². The number of hydrogen-bond acceptors (Lipinski definition) is 2. The largest absolute Gasteiger partial charge is 0.330 e. The van der Waals surface area contributed by atoms with Crippen LogP contribution in [-0.2, 0) is 0 Å². The number of allylic oxidation sites excluding steroid dienone is 3. The fourth-order valence-electron chi connectivity index (χ4n) is 1.79. The summed E-state index contributed by atoms with van der Waals surface area (Å²) in [4.78, 5) is 0.